The van der Waals surface area contributed by atoms with E-state index in [0.29, 0.717) is 11.5 Å². The standard InChI is InChI=1S/C13H8FN3O2/c14-12-8(5-15)16-7-17-13(12)11-6-18-9-3-1-2-4-10(9)19-11/h1-4,7,11H,6H2. The van der Waals surface area contributed by atoms with E-state index in [2.05, 4.69) is 9.97 Å². The highest BCUT2D eigenvalue weighted by Gasteiger charge is 2.27. The van der Waals surface area contributed by atoms with Crippen LogP contribution < -0.4 is 9.47 Å². The topological polar surface area (TPSA) is 68.0 Å². The van der Waals surface area contributed by atoms with Crippen molar-refractivity contribution in [1.29, 1.82) is 5.26 Å². The van der Waals surface area contributed by atoms with Gasteiger partial charge in [0.2, 0.25) is 0 Å². The number of ether oxygens (including phenoxy) is 2. The zero-order valence-corrected chi connectivity index (χ0v) is 9.71. The highest BCUT2D eigenvalue weighted by atomic mass is 19.1. The normalized spacial score (nSPS) is 16.7. The zero-order valence-electron chi connectivity index (χ0n) is 9.71. The fourth-order valence-electron chi connectivity index (χ4n) is 1.84. The molecule has 3 rings (SSSR count). The van der Waals surface area contributed by atoms with Crippen LogP contribution in [-0.2, 0) is 0 Å². The first kappa shape index (κ1) is 11.4. The Morgan fingerprint density at radius 3 is 2.84 bits per heavy atom. The first-order chi connectivity index (χ1) is 9.29. The Balaban J connectivity index is 1.96. The molecule has 6 heteroatoms. The maximum atomic E-state index is 14.0. The highest BCUT2D eigenvalue weighted by Crippen LogP contribution is 2.35. The number of aromatic nitrogens is 2. The molecular weight excluding hydrogens is 249 g/mol. The van der Waals surface area contributed by atoms with E-state index >= 15 is 0 Å². The van der Waals surface area contributed by atoms with Crippen LogP contribution in [0.4, 0.5) is 4.39 Å². The SMILES string of the molecule is N#Cc1ncnc(C2COc3ccccc3O2)c1F. The van der Waals surface area contributed by atoms with Gasteiger partial charge in [0.15, 0.2) is 29.1 Å². The van der Waals surface area contributed by atoms with Crippen LogP contribution in [0.2, 0.25) is 0 Å². The molecule has 1 aromatic heterocycles. The number of nitriles is 1. The molecule has 19 heavy (non-hydrogen) atoms. The third-order valence-corrected chi connectivity index (χ3v) is 2.74. The van der Waals surface area contributed by atoms with Gasteiger partial charge in [0, 0.05) is 0 Å². The third kappa shape index (κ3) is 1.95. The maximum Gasteiger partial charge on any atom is 0.185 e. The highest BCUT2D eigenvalue weighted by molar-refractivity contribution is 5.41. The quantitative estimate of drug-likeness (QED) is 0.781. The molecule has 0 saturated heterocycles. The Kier molecular flexibility index (Phi) is 2.72. The predicted octanol–water partition coefficient (Wildman–Crippen LogP) is 2.00. The van der Waals surface area contributed by atoms with Gasteiger partial charge in [-0.05, 0) is 12.1 Å². The van der Waals surface area contributed by atoms with Gasteiger partial charge < -0.3 is 9.47 Å². The fourth-order valence-corrected chi connectivity index (χ4v) is 1.84. The average molecular weight is 257 g/mol. The lowest BCUT2D eigenvalue weighted by molar-refractivity contribution is 0.0852. The van der Waals surface area contributed by atoms with Crippen LogP contribution in [0.5, 0.6) is 11.5 Å². The van der Waals surface area contributed by atoms with E-state index in [-0.39, 0.29) is 18.0 Å². The Hall–Kier alpha value is -2.68. The van der Waals surface area contributed by atoms with Crippen molar-refractivity contribution in [3.8, 4) is 17.6 Å². The first-order valence-corrected chi connectivity index (χ1v) is 5.58. The van der Waals surface area contributed by atoms with E-state index in [0.717, 1.165) is 6.33 Å². The number of rotatable bonds is 1. The van der Waals surface area contributed by atoms with Gasteiger partial charge in [0.1, 0.15) is 24.7 Å². The van der Waals surface area contributed by atoms with Gasteiger partial charge in [-0.25, -0.2) is 14.4 Å². The molecule has 1 aromatic carbocycles. The minimum absolute atomic E-state index is 0.0288. The van der Waals surface area contributed by atoms with Crippen molar-refractivity contribution in [1.82, 2.24) is 9.97 Å². The minimum atomic E-state index is -0.766. The number of hydrogen-bond acceptors (Lipinski definition) is 5. The Morgan fingerprint density at radius 1 is 1.26 bits per heavy atom. The van der Waals surface area contributed by atoms with Crippen LogP contribution in [0.15, 0.2) is 30.6 Å². The van der Waals surface area contributed by atoms with Crippen LogP contribution in [0.1, 0.15) is 17.5 Å². The maximum absolute atomic E-state index is 14.0. The molecule has 0 aliphatic carbocycles. The van der Waals surface area contributed by atoms with E-state index in [1.165, 1.54) is 0 Å². The molecule has 0 fully saturated rings. The summed E-state index contributed by atoms with van der Waals surface area (Å²) in [6, 6.07) is 8.78. The van der Waals surface area contributed by atoms with E-state index < -0.39 is 11.9 Å². The molecule has 94 valence electrons. The Bertz CT molecular complexity index is 669. The molecule has 0 saturated carbocycles. The van der Waals surface area contributed by atoms with E-state index in [1.54, 1.807) is 24.3 Å². The van der Waals surface area contributed by atoms with Crippen molar-refractivity contribution in [2.75, 3.05) is 6.61 Å². The predicted molar refractivity (Wildman–Crippen MR) is 62.0 cm³/mol. The number of nitrogens with zero attached hydrogens (tertiary/aromatic N) is 3. The van der Waals surface area contributed by atoms with Crippen molar-refractivity contribution in [3.63, 3.8) is 0 Å². The van der Waals surface area contributed by atoms with E-state index in [9.17, 15) is 4.39 Å². The number of para-hydroxylation sites is 2. The smallest absolute Gasteiger partial charge is 0.185 e. The van der Waals surface area contributed by atoms with Crippen molar-refractivity contribution in [2.45, 2.75) is 6.10 Å². The lowest BCUT2D eigenvalue weighted by Crippen LogP contribution is -2.24. The average Bonchev–Trinajstić information content (AvgIpc) is 2.47. The molecule has 0 spiro atoms. The second-order valence-corrected chi connectivity index (χ2v) is 3.90. The van der Waals surface area contributed by atoms with E-state index in [1.807, 2.05) is 6.07 Å². The molecule has 2 aromatic rings. The molecule has 0 radical (unpaired) electrons. The van der Waals surface area contributed by atoms with Gasteiger partial charge in [-0.3, -0.25) is 0 Å². The van der Waals surface area contributed by atoms with Gasteiger partial charge in [0.25, 0.3) is 0 Å². The van der Waals surface area contributed by atoms with Crippen molar-refractivity contribution in [3.05, 3.63) is 47.8 Å². The molecule has 1 aliphatic rings. The summed E-state index contributed by atoms with van der Waals surface area (Å²) < 4.78 is 25.1. The molecule has 1 aliphatic heterocycles. The van der Waals surface area contributed by atoms with Crippen LogP contribution in [0, 0.1) is 17.1 Å². The van der Waals surface area contributed by atoms with Crippen LogP contribution in [0.25, 0.3) is 0 Å². The monoisotopic (exact) mass is 257 g/mol. The van der Waals surface area contributed by atoms with Crippen LogP contribution in [-0.4, -0.2) is 16.6 Å². The summed E-state index contributed by atoms with van der Waals surface area (Å²) in [6.07, 6.45) is 0.450. The summed E-state index contributed by atoms with van der Waals surface area (Å²) in [5, 5.41) is 8.75. The molecular formula is C13H8FN3O2. The first-order valence-electron chi connectivity index (χ1n) is 5.58. The van der Waals surface area contributed by atoms with Gasteiger partial charge >= 0.3 is 0 Å². The van der Waals surface area contributed by atoms with Gasteiger partial charge in [-0.15, -0.1) is 0 Å². The molecule has 0 amide bonds. The number of halogens is 1. The zero-order chi connectivity index (χ0) is 13.2. The van der Waals surface area contributed by atoms with Crippen molar-refractivity contribution in [2.24, 2.45) is 0 Å². The van der Waals surface area contributed by atoms with Crippen LogP contribution >= 0.6 is 0 Å². The molecule has 0 bridgehead atoms. The summed E-state index contributed by atoms with van der Waals surface area (Å²) >= 11 is 0. The second-order valence-electron chi connectivity index (χ2n) is 3.90. The Morgan fingerprint density at radius 2 is 2.05 bits per heavy atom. The lowest BCUT2D eigenvalue weighted by Gasteiger charge is -2.26. The Labute approximate surface area is 108 Å². The third-order valence-electron chi connectivity index (χ3n) is 2.74. The van der Waals surface area contributed by atoms with E-state index in [4.69, 9.17) is 14.7 Å². The summed E-state index contributed by atoms with van der Waals surface area (Å²) in [5.74, 6) is 0.363. The largest absolute Gasteiger partial charge is 0.485 e. The molecule has 5 nitrogen and oxygen atoms in total. The lowest BCUT2D eigenvalue weighted by atomic mass is 10.2. The fraction of sp³-hybridized carbons (Fsp3) is 0.154. The van der Waals surface area contributed by atoms with Crippen molar-refractivity contribution >= 4 is 0 Å². The van der Waals surface area contributed by atoms with Crippen LogP contribution in [0.3, 0.4) is 0 Å². The summed E-state index contributed by atoms with van der Waals surface area (Å²) in [7, 11) is 0. The number of fused-ring (bicyclic) bond motifs is 1. The molecule has 1 unspecified atom stereocenters. The molecule has 0 N–H and O–H groups in total. The van der Waals surface area contributed by atoms with Gasteiger partial charge in [0.05, 0.1) is 0 Å². The molecule has 2 heterocycles. The summed E-state index contributed by atoms with van der Waals surface area (Å²) in [6.45, 7) is 0.135. The molecule has 1 atom stereocenters. The summed E-state index contributed by atoms with van der Waals surface area (Å²) in [4.78, 5) is 7.39. The number of benzene rings is 1. The second kappa shape index (κ2) is 4.53. The van der Waals surface area contributed by atoms with Crippen molar-refractivity contribution < 1.29 is 13.9 Å². The minimum Gasteiger partial charge on any atom is -0.485 e. The number of hydrogen-bond donors (Lipinski definition) is 0. The van der Waals surface area contributed by atoms with Gasteiger partial charge in [-0.1, -0.05) is 12.1 Å². The summed E-state index contributed by atoms with van der Waals surface area (Å²) in [5.41, 5.74) is -0.270. The van der Waals surface area contributed by atoms with Gasteiger partial charge in [-0.2, -0.15) is 5.26 Å².